The van der Waals surface area contributed by atoms with Gasteiger partial charge in [0.1, 0.15) is 18.2 Å². The molecule has 5 heteroatoms. The molecule has 0 unspecified atom stereocenters. The van der Waals surface area contributed by atoms with Gasteiger partial charge in [0, 0.05) is 26.2 Å². The average molecular weight is 329 g/mol. The number of hydrogen-bond donors (Lipinski definition) is 1. The minimum Gasteiger partial charge on any atom is -0.491 e. The first kappa shape index (κ1) is 15.9. The van der Waals surface area contributed by atoms with Crippen LogP contribution in [0.5, 0.6) is 5.75 Å². The quantitative estimate of drug-likeness (QED) is 0.892. The van der Waals surface area contributed by atoms with Crippen LogP contribution < -0.4 is 10.1 Å². The fourth-order valence-electron chi connectivity index (χ4n) is 3.76. The highest BCUT2D eigenvalue weighted by atomic mass is 16.5. The van der Waals surface area contributed by atoms with Crippen molar-refractivity contribution in [1.29, 1.82) is 0 Å². The number of fused-ring (bicyclic) bond motifs is 1. The molecule has 4 rings (SSSR count). The topological polar surface area (TPSA) is 46.1 Å². The summed E-state index contributed by atoms with van der Waals surface area (Å²) < 4.78 is 11.6. The third kappa shape index (κ3) is 3.57. The molecule has 1 fully saturated rings. The number of amidine groups is 1. The molecule has 1 aromatic carbocycles. The van der Waals surface area contributed by atoms with Crippen molar-refractivity contribution in [2.24, 2.45) is 4.99 Å². The molecule has 1 aromatic rings. The lowest BCUT2D eigenvalue weighted by Crippen LogP contribution is -2.38. The van der Waals surface area contributed by atoms with Crippen molar-refractivity contribution < 1.29 is 9.47 Å². The van der Waals surface area contributed by atoms with Crippen molar-refractivity contribution in [3.63, 3.8) is 0 Å². The van der Waals surface area contributed by atoms with Gasteiger partial charge in [-0.15, -0.1) is 0 Å². The minimum atomic E-state index is 0.721. The maximum atomic E-state index is 6.22. The summed E-state index contributed by atoms with van der Waals surface area (Å²) in [6.07, 6.45) is 4.95. The van der Waals surface area contributed by atoms with Crippen LogP contribution in [-0.4, -0.2) is 63.3 Å². The van der Waals surface area contributed by atoms with E-state index in [9.17, 15) is 0 Å². The molecular formula is C19H27N3O2. The van der Waals surface area contributed by atoms with Gasteiger partial charge in [0.2, 0.25) is 0 Å². The van der Waals surface area contributed by atoms with Crippen LogP contribution in [0.3, 0.4) is 0 Å². The van der Waals surface area contributed by atoms with Crippen LogP contribution in [0.15, 0.2) is 17.1 Å². The Labute approximate surface area is 144 Å². The summed E-state index contributed by atoms with van der Waals surface area (Å²) in [5.74, 6) is 2.00. The molecule has 24 heavy (non-hydrogen) atoms. The van der Waals surface area contributed by atoms with E-state index in [1.165, 1.54) is 36.8 Å². The Morgan fingerprint density at radius 1 is 1.12 bits per heavy atom. The number of aliphatic imine (C=N–C) groups is 1. The van der Waals surface area contributed by atoms with E-state index in [0.717, 1.165) is 69.7 Å². The van der Waals surface area contributed by atoms with Crippen molar-refractivity contribution in [2.45, 2.75) is 25.7 Å². The van der Waals surface area contributed by atoms with Crippen LogP contribution in [0, 0.1) is 0 Å². The molecule has 130 valence electrons. The van der Waals surface area contributed by atoms with Crippen LogP contribution >= 0.6 is 0 Å². The molecule has 1 N–H and O–H groups in total. The van der Waals surface area contributed by atoms with E-state index in [4.69, 9.17) is 9.47 Å². The molecule has 3 aliphatic rings. The number of ether oxygens (including phenoxy) is 2. The third-order valence-electron chi connectivity index (χ3n) is 5.14. The summed E-state index contributed by atoms with van der Waals surface area (Å²) in [5.41, 5.74) is 4.09. The largest absolute Gasteiger partial charge is 0.491 e. The second-order valence-corrected chi connectivity index (χ2v) is 6.78. The highest BCUT2D eigenvalue weighted by Crippen LogP contribution is 2.30. The van der Waals surface area contributed by atoms with Crippen LogP contribution in [0.2, 0.25) is 0 Å². The molecule has 0 amide bonds. The van der Waals surface area contributed by atoms with Gasteiger partial charge in [-0.25, -0.2) is 0 Å². The first-order valence-corrected chi connectivity index (χ1v) is 9.27. The van der Waals surface area contributed by atoms with Crippen molar-refractivity contribution in [3.05, 3.63) is 28.8 Å². The number of morpholine rings is 1. The SMILES string of the molecule is c1c2c(cc(C3=NCCN3)c1OCCN1CCOCC1)CCCC2. The van der Waals surface area contributed by atoms with Crippen molar-refractivity contribution in [3.8, 4) is 5.75 Å². The molecule has 0 bridgehead atoms. The van der Waals surface area contributed by atoms with Gasteiger partial charge < -0.3 is 14.8 Å². The fraction of sp³-hybridized carbons (Fsp3) is 0.632. The van der Waals surface area contributed by atoms with Gasteiger partial charge in [-0.05, 0) is 48.9 Å². The molecule has 1 aliphatic carbocycles. The summed E-state index contributed by atoms with van der Waals surface area (Å²) in [7, 11) is 0. The second kappa shape index (κ2) is 7.53. The first-order valence-electron chi connectivity index (χ1n) is 9.27. The maximum Gasteiger partial charge on any atom is 0.132 e. The Bertz CT molecular complexity index is 609. The maximum absolute atomic E-state index is 6.22. The number of aryl methyl sites for hydroxylation is 2. The van der Waals surface area contributed by atoms with E-state index < -0.39 is 0 Å². The number of hydrogen-bond acceptors (Lipinski definition) is 5. The van der Waals surface area contributed by atoms with E-state index in [2.05, 4.69) is 27.3 Å². The second-order valence-electron chi connectivity index (χ2n) is 6.78. The monoisotopic (exact) mass is 329 g/mol. The molecule has 0 radical (unpaired) electrons. The summed E-state index contributed by atoms with van der Waals surface area (Å²) in [4.78, 5) is 7.02. The van der Waals surface area contributed by atoms with Crippen LogP contribution in [0.1, 0.15) is 29.5 Å². The summed E-state index contributed by atoms with van der Waals surface area (Å²) in [6.45, 7) is 7.16. The number of rotatable bonds is 5. The molecule has 5 nitrogen and oxygen atoms in total. The Morgan fingerprint density at radius 2 is 1.92 bits per heavy atom. The van der Waals surface area contributed by atoms with Gasteiger partial charge in [0.05, 0.1) is 25.3 Å². The molecule has 0 aromatic heterocycles. The van der Waals surface area contributed by atoms with Gasteiger partial charge in [-0.2, -0.15) is 0 Å². The number of benzene rings is 1. The van der Waals surface area contributed by atoms with Crippen LogP contribution in [-0.2, 0) is 17.6 Å². The Balaban J connectivity index is 1.49. The lowest BCUT2D eigenvalue weighted by Gasteiger charge is -2.27. The predicted octanol–water partition coefficient (Wildman–Crippen LogP) is 1.63. The van der Waals surface area contributed by atoms with E-state index in [0.29, 0.717) is 0 Å². The zero-order valence-corrected chi connectivity index (χ0v) is 14.4. The highest BCUT2D eigenvalue weighted by molar-refractivity contribution is 6.02. The molecule has 0 saturated carbocycles. The first-order chi connectivity index (χ1) is 11.9. The van der Waals surface area contributed by atoms with E-state index in [1.807, 2.05) is 0 Å². The number of nitrogens with zero attached hydrogens (tertiary/aromatic N) is 2. The predicted molar refractivity (Wildman–Crippen MR) is 95.2 cm³/mol. The lowest BCUT2D eigenvalue weighted by molar-refractivity contribution is 0.0322. The van der Waals surface area contributed by atoms with Crippen LogP contribution in [0.4, 0.5) is 0 Å². The Morgan fingerprint density at radius 3 is 2.67 bits per heavy atom. The summed E-state index contributed by atoms with van der Waals surface area (Å²) in [5, 5.41) is 3.40. The Kier molecular flexibility index (Phi) is 4.99. The fourth-order valence-corrected chi connectivity index (χ4v) is 3.76. The van der Waals surface area contributed by atoms with Gasteiger partial charge >= 0.3 is 0 Å². The van der Waals surface area contributed by atoms with Gasteiger partial charge in [0.25, 0.3) is 0 Å². The molecule has 0 atom stereocenters. The van der Waals surface area contributed by atoms with E-state index in [1.54, 1.807) is 0 Å². The highest BCUT2D eigenvalue weighted by Gasteiger charge is 2.19. The zero-order valence-electron chi connectivity index (χ0n) is 14.4. The minimum absolute atomic E-state index is 0.721. The van der Waals surface area contributed by atoms with Crippen LogP contribution in [0.25, 0.3) is 0 Å². The summed E-state index contributed by atoms with van der Waals surface area (Å²) in [6, 6.07) is 4.58. The van der Waals surface area contributed by atoms with E-state index in [-0.39, 0.29) is 0 Å². The van der Waals surface area contributed by atoms with Gasteiger partial charge in [-0.1, -0.05) is 0 Å². The molecule has 2 aliphatic heterocycles. The van der Waals surface area contributed by atoms with E-state index >= 15 is 0 Å². The smallest absolute Gasteiger partial charge is 0.132 e. The number of nitrogens with one attached hydrogen (secondary N) is 1. The van der Waals surface area contributed by atoms with Crippen molar-refractivity contribution in [2.75, 3.05) is 52.5 Å². The van der Waals surface area contributed by atoms with Gasteiger partial charge in [0.15, 0.2) is 0 Å². The molecular weight excluding hydrogens is 302 g/mol. The molecule has 1 saturated heterocycles. The van der Waals surface area contributed by atoms with Crippen molar-refractivity contribution in [1.82, 2.24) is 10.2 Å². The lowest BCUT2D eigenvalue weighted by atomic mass is 9.89. The third-order valence-corrected chi connectivity index (χ3v) is 5.14. The normalized spacial score (nSPS) is 21.1. The molecule has 0 spiro atoms. The average Bonchev–Trinajstić information content (AvgIpc) is 3.16. The molecule has 2 heterocycles. The van der Waals surface area contributed by atoms with Gasteiger partial charge in [-0.3, -0.25) is 9.89 Å². The summed E-state index contributed by atoms with van der Waals surface area (Å²) >= 11 is 0. The Hall–Kier alpha value is -1.59. The van der Waals surface area contributed by atoms with Crippen molar-refractivity contribution >= 4 is 5.84 Å². The standard InChI is InChI=1S/C19H27N3O2/c1-2-4-16-14-18(24-12-9-22-7-10-23-11-8-22)17(13-15(16)3-1)19-20-5-6-21-19/h13-14H,1-12H2,(H,20,21). The zero-order chi connectivity index (χ0) is 16.2.